The Hall–Kier alpha value is -7.54. The monoisotopic (exact) mass is 999 g/mol. The molecule has 26 nitrogen and oxygen atoms in total. The van der Waals surface area contributed by atoms with Gasteiger partial charge in [-0.15, -0.1) is 0 Å². The molecular weight excluding hydrogens is 929 g/mol. The van der Waals surface area contributed by atoms with E-state index in [0.717, 1.165) is 0 Å². The number of benzene rings is 1. The van der Waals surface area contributed by atoms with Crippen LogP contribution in [0.1, 0.15) is 103 Å². The van der Waals surface area contributed by atoms with E-state index in [1.807, 2.05) is 0 Å². The van der Waals surface area contributed by atoms with Crippen molar-refractivity contribution in [3.05, 3.63) is 29.8 Å². The lowest BCUT2D eigenvalue weighted by molar-refractivity contribution is -0.143. The second-order valence-corrected chi connectivity index (χ2v) is 17.7. The highest BCUT2D eigenvalue weighted by Gasteiger charge is 2.40. The van der Waals surface area contributed by atoms with E-state index >= 15 is 0 Å². The lowest BCUT2D eigenvalue weighted by atomic mass is 9.96. The lowest BCUT2D eigenvalue weighted by Gasteiger charge is -2.31. The third-order valence-electron chi connectivity index (χ3n) is 12.0. The van der Waals surface area contributed by atoms with Gasteiger partial charge in [0, 0.05) is 32.4 Å². The molecule has 8 atom stereocenters. The summed E-state index contributed by atoms with van der Waals surface area (Å²) in [6.07, 6.45) is 0.0797. The van der Waals surface area contributed by atoms with E-state index in [-0.39, 0.29) is 82.6 Å². The maximum atomic E-state index is 14.5. The van der Waals surface area contributed by atoms with Crippen molar-refractivity contribution >= 4 is 70.9 Å². The molecule has 1 aromatic rings. The van der Waals surface area contributed by atoms with Gasteiger partial charge in [0.2, 0.25) is 65.0 Å². The Bertz CT molecular complexity index is 2120. The molecule has 0 spiro atoms. The van der Waals surface area contributed by atoms with Crippen molar-refractivity contribution in [2.75, 3.05) is 19.6 Å². The number of nitrogens with two attached hydrogens (primary N) is 5. The van der Waals surface area contributed by atoms with Crippen molar-refractivity contribution in [2.24, 2.45) is 39.6 Å². The Kier molecular flexibility index (Phi) is 23.5. The summed E-state index contributed by atoms with van der Waals surface area (Å²) in [7, 11) is 0. The van der Waals surface area contributed by atoms with Gasteiger partial charge in [-0.2, -0.15) is 0 Å². The summed E-state index contributed by atoms with van der Waals surface area (Å²) >= 11 is 0. The smallest absolute Gasteiger partial charge is 0.245 e. The highest BCUT2D eigenvalue weighted by Crippen LogP contribution is 2.22. The fourth-order valence-electron chi connectivity index (χ4n) is 7.98. The van der Waals surface area contributed by atoms with Crippen molar-refractivity contribution in [1.29, 1.82) is 0 Å². The zero-order chi connectivity index (χ0) is 52.8. The van der Waals surface area contributed by atoms with Crippen LogP contribution in [0.25, 0.3) is 0 Å². The summed E-state index contributed by atoms with van der Waals surface area (Å²) in [5.41, 5.74) is 27.5. The number of nitrogens with one attached hydrogen (secondary N) is 7. The van der Waals surface area contributed by atoms with Crippen LogP contribution >= 0.6 is 0 Å². The number of guanidine groups is 1. The van der Waals surface area contributed by atoms with Gasteiger partial charge in [0.25, 0.3) is 0 Å². The van der Waals surface area contributed by atoms with Crippen LogP contribution in [0.3, 0.4) is 0 Å². The van der Waals surface area contributed by atoms with Gasteiger partial charge in [0.15, 0.2) is 5.96 Å². The minimum atomic E-state index is -1.74. The van der Waals surface area contributed by atoms with E-state index in [9.17, 15) is 57.8 Å². The van der Waals surface area contributed by atoms with Crippen LogP contribution in [0.2, 0.25) is 0 Å². The molecule has 2 aliphatic rings. The third kappa shape index (κ3) is 19.8. The van der Waals surface area contributed by atoms with Gasteiger partial charge in [-0.3, -0.25) is 57.7 Å². The van der Waals surface area contributed by atoms with Crippen molar-refractivity contribution in [3.63, 3.8) is 0 Å². The topological polar surface area (TPSA) is 438 Å². The summed E-state index contributed by atoms with van der Waals surface area (Å²) in [6, 6.07) is -3.61. The summed E-state index contributed by atoms with van der Waals surface area (Å²) < 4.78 is 0. The zero-order valence-corrected chi connectivity index (χ0v) is 40.2. The second-order valence-electron chi connectivity index (χ2n) is 17.7. The highest BCUT2D eigenvalue weighted by atomic mass is 16.3. The second kappa shape index (κ2) is 28.8. The number of phenols is 1. The van der Waals surface area contributed by atoms with Crippen molar-refractivity contribution in [1.82, 2.24) is 42.1 Å². The lowest BCUT2D eigenvalue weighted by Crippen LogP contribution is -2.61. The fourth-order valence-corrected chi connectivity index (χ4v) is 7.98. The number of carbonyl (C=O) groups excluding carboxylic acids is 11. The predicted molar refractivity (Wildman–Crippen MR) is 255 cm³/mol. The predicted octanol–water partition coefficient (Wildman–Crippen LogP) is -4.36. The maximum Gasteiger partial charge on any atom is 0.245 e. The van der Waals surface area contributed by atoms with E-state index in [0.29, 0.717) is 24.8 Å². The average molecular weight is 999 g/mol. The number of rotatable bonds is 19. The van der Waals surface area contributed by atoms with Crippen LogP contribution < -0.4 is 65.9 Å². The van der Waals surface area contributed by atoms with Gasteiger partial charge in [-0.05, 0) is 68.6 Å². The average Bonchev–Trinajstić information content (AvgIpc) is 3.81. The molecule has 2 saturated heterocycles. The van der Waals surface area contributed by atoms with Crippen LogP contribution in [-0.4, -0.2) is 143 Å². The molecule has 71 heavy (non-hydrogen) atoms. The summed E-state index contributed by atoms with van der Waals surface area (Å²) in [5, 5.41) is 27.8. The molecule has 0 saturated carbocycles. The summed E-state index contributed by atoms with van der Waals surface area (Å²) in [6.45, 7) is 3.06. The molecular formula is C45H70N14O12. The first-order valence-corrected chi connectivity index (χ1v) is 23.7. The third-order valence-corrected chi connectivity index (χ3v) is 12.0. The Labute approximate surface area is 410 Å². The number of hydrogen-bond donors (Lipinski definition) is 13. The maximum absolute atomic E-state index is 14.5. The minimum Gasteiger partial charge on any atom is -0.508 e. The molecule has 18 N–H and O–H groups in total. The Morgan fingerprint density at radius 2 is 1.44 bits per heavy atom. The number of nitrogens with zero attached hydrogens (tertiary/aromatic N) is 2. The van der Waals surface area contributed by atoms with E-state index < -0.39 is 133 Å². The van der Waals surface area contributed by atoms with Crippen LogP contribution in [0, 0.1) is 5.92 Å². The van der Waals surface area contributed by atoms with Crippen LogP contribution in [0.4, 0.5) is 0 Å². The molecule has 2 aliphatic heterocycles. The van der Waals surface area contributed by atoms with Gasteiger partial charge >= 0.3 is 0 Å². The summed E-state index contributed by atoms with van der Waals surface area (Å²) in [5.74, 6) is -9.89. The number of amides is 11. The van der Waals surface area contributed by atoms with Gasteiger partial charge in [0.1, 0.15) is 48.0 Å². The van der Waals surface area contributed by atoms with Gasteiger partial charge in [-0.25, -0.2) is 0 Å². The molecule has 0 radical (unpaired) electrons. The van der Waals surface area contributed by atoms with Gasteiger partial charge in [0.05, 0.1) is 13.0 Å². The number of primary amides is 3. The van der Waals surface area contributed by atoms with E-state index in [1.165, 1.54) is 17.0 Å². The summed E-state index contributed by atoms with van der Waals surface area (Å²) in [4.78, 5) is 152. The van der Waals surface area contributed by atoms with Gasteiger partial charge < -0.3 is 75.9 Å². The Morgan fingerprint density at radius 1 is 0.775 bits per heavy atom. The first kappa shape index (κ1) is 57.8. The Balaban J connectivity index is 2.01. The van der Waals surface area contributed by atoms with E-state index in [1.54, 1.807) is 26.0 Å². The van der Waals surface area contributed by atoms with E-state index in [2.05, 4.69) is 42.2 Å². The van der Waals surface area contributed by atoms with Crippen molar-refractivity contribution in [3.8, 4) is 5.75 Å². The highest BCUT2D eigenvalue weighted by molar-refractivity contribution is 5.99. The molecule has 26 heteroatoms. The van der Waals surface area contributed by atoms with Crippen LogP contribution in [0.15, 0.2) is 29.3 Å². The van der Waals surface area contributed by atoms with Crippen molar-refractivity contribution in [2.45, 2.75) is 146 Å². The molecule has 11 amide bonds. The first-order valence-electron chi connectivity index (χ1n) is 23.7. The standard InChI is InChI=1S/C45H70N14O12/c1-3-24(2)37-43(70)55-28(17-18-33(46)61)39(66)57-31(22-34(47)62)40(67)56-29(9-5-4-6-12-36(64)53-30(41(68)58-37)21-25-13-15-26(60)16-14-25)44(71)59-20-8-11-32(59)42(69)54-27(10-7-19-51-45(49)50)38(65)52-23-35(48)63/h13-16,24,27-32,37,60H,3-12,17-23H2,1-2H3,(H2,46,61)(H2,47,62)(H2,48,63)(H,52,65)(H,53,64)(H,54,69)(H,55,70)(H,56,67)(H,57,66)(H,58,68)(H4,49,50,51)/t24-,27-,28?,29?,30?,31-,32-,37-/m0/s1. The molecule has 392 valence electrons. The first-order chi connectivity index (χ1) is 33.6. The SMILES string of the molecule is CC[C@H](C)[C@@H]1NC(=O)C(Cc2ccc(O)cc2)NC(=O)CCCCCC(C(=O)N2CCC[C@H]2C(=O)N[C@@H](CCCN=C(N)N)C(=O)NCC(N)=O)NC(=O)[C@H](CC(N)=O)NC(=O)C(CCC(N)=O)NC1=O. The van der Waals surface area contributed by atoms with E-state index in [4.69, 9.17) is 28.7 Å². The molecule has 2 heterocycles. The van der Waals surface area contributed by atoms with Crippen LogP contribution in [-0.2, 0) is 59.2 Å². The molecule has 3 unspecified atom stereocenters. The fraction of sp³-hybridized carbons (Fsp3) is 0.600. The van der Waals surface area contributed by atoms with Gasteiger partial charge in [-0.1, -0.05) is 45.2 Å². The zero-order valence-electron chi connectivity index (χ0n) is 40.2. The molecule has 0 aliphatic carbocycles. The molecule has 0 bridgehead atoms. The minimum absolute atomic E-state index is 0.0231. The molecule has 0 aromatic heterocycles. The molecule has 2 fully saturated rings. The number of aliphatic imine (C=N–C) groups is 1. The van der Waals surface area contributed by atoms with Crippen molar-refractivity contribution < 1.29 is 57.8 Å². The number of aromatic hydroxyl groups is 1. The number of hydrogen-bond acceptors (Lipinski definition) is 13. The Morgan fingerprint density at radius 3 is 2.07 bits per heavy atom. The quantitative estimate of drug-likeness (QED) is 0.0354. The largest absolute Gasteiger partial charge is 0.508 e. The normalized spacial score (nSPS) is 22.7. The number of phenolic OH excluding ortho intramolecular Hbond substituents is 1. The molecule has 3 rings (SSSR count). The molecule has 1 aromatic carbocycles. The number of carbonyl (C=O) groups is 11. The van der Waals surface area contributed by atoms with Crippen LogP contribution in [0.5, 0.6) is 5.75 Å². The number of likely N-dealkylation sites (tertiary alicyclic amines) is 1.